The highest BCUT2D eigenvalue weighted by molar-refractivity contribution is 6.33. The van der Waals surface area contributed by atoms with Crippen LogP contribution in [-0.2, 0) is 9.59 Å². The monoisotopic (exact) mass is 272 g/mol. The van der Waals surface area contributed by atoms with Crippen LogP contribution in [0.5, 0.6) is 0 Å². The number of carbonyl (C=O) groups is 2. The van der Waals surface area contributed by atoms with E-state index >= 15 is 0 Å². The summed E-state index contributed by atoms with van der Waals surface area (Å²) in [6, 6.07) is 5.61. The van der Waals surface area contributed by atoms with Crippen molar-refractivity contribution >= 4 is 23.2 Å². The summed E-state index contributed by atoms with van der Waals surface area (Å²) in [6.45, 7) is 0. The van der Waals surface area contributed by atoms with Crippen molar-refractivity contribution in [3.05, 3.63) is 45.5 Å². The molecular formula is C14H12N2O4. The predicted molar refractivity (Wildman–Crippen MR) is 71.1 cm³/mol. The molecule has 1 aromatic rings. The van der Waals surface area contributed by atoms with Crippen LogP contribution in [0, 0.1) is 10.1 Å². The second-order valence-corrected chi connectivity index (χ2v) is 4.89. The van der Waals surface area contributed by atoms with Gasteiger partial charge in [-0.05, 0) is 31.7 Å². The molecule has 0 radical (unpaired) electrons. The third-order valence-electron chi connectivity index (χ3n) is 3.69. The largest absolute Gasteiger partial charge is 0.271 e. The molecule has 2 aliphatic rings. The minimum Gasteiger partial charge on any atom is -0.269 e. The standard InChI is InChI=1S/C14H12N2O4/c17-13-11-6-1-2-7-12(11)14(18)15(13)9-4-3-5-10(8-9)16(19)20/h3-5,8H,1-2,6-7H2. The van der Waals surface area contributed by atoms with E-state index in [1.807, 2.05) is 0 Å². The molecule has 6 heteroatoms. The SMILES string of the molecule is O=C1C2=C(CCCC2)C(=O)N1c1cccc([N+](=O)[O-])c1. The van der Waals surface area contributed by atoms with Crippen molar-refractivity contribution in [2.45, 2.75) is 25.7 Å². The molecule has 1 heterocycles. The normalized spacial score (nSPS) is 18.5. The van der Waals surface area contributed by atoms with E-state index in [4.69, 9.17) is 0 Å². The number of nitrogens with zero attached hydrogens (tertiary/aromatic N) is 2. The van der Waals surface area contributed by atoms with Crippen molar-refractivity contribution in [1.29, 1.82) is 0 Å². The number of nitro groups is 1. The smallest absolute Gasteiger partial charge is 0.269 e. The molecule has 0 bridgehead atoms. The fourth-order valence-corrected chi connectivity index (χ4v) is 2.72. The lowest BCUT2D eigenvalue weighted by molar-refractivity contribution is -0.384. The molecule has 0 aromatic heterocycles. The average molecular weight is 272 g/mol. The maximum atomic E-state index is 12.3. The van der Waals surface area contributed by atoms with Gasteiger partial charge in [-0.25, -0.2) is 4.90 Å². The van der Waals surface area contributed by atoms with Crippen LogP contribution in [0.15, 0.2) is 35.4 Å². The highest BCUT2D eigenvalue weighted by atomic mass is 16.6. The van der Waals surface area contributed by atoms with E-state index in [0.717, 1.165) is 17.7 Å². The Labute approximate surface area is 114 Å². The van der Waals surface area contributed by atoms with Crippen LogP contribution < -0.4 is 4.90 Å². The third-order valence-corrected chi connectivity index (χ3v) is 3.69. The van der Waals surface area contributed by atoms with Gasteiger partial charge in [0.05, 0.1) is 10.6 Å². The average Bonchev–Trinajstić information content (AvgIpc) is 2.72. The molecule has 0 saturated heterocycles. The second-order valence-electron chi connectivity index (χ2n) is 4.89. The van der Waals surface area contributed by atoms with Crippen LogP contribution in [0.3, 0.4) is 0 Å². The minimum atomic E-state index is -0.540. The van der Waals surface area contributed by atoms with Crippen LogP contribution in [0.2, 0.25) is 0 Å². The predicted octanol–water partition coefficient (Wildman–Crippen LogP) is 2.34. The number of rotatable bonds is 2. The van der Waals surface area contributed by atoms with Gasteiger partial charge in [0, 0.05) is 23.3 Å². The first kappa shape index (κ1) is 12.5. The molecule has 0 saturated carbocycles. The van der Waals surface area contributed by atoms with Crippen LogP contribution in [0.25, 0.3) is 0 Å². The fraction of sp³-hybridized carbons (Fsp3) is 0.286. The number of hydrogen-bond donors (Lipinski definition) is 0. The first-order valence-corrected chi connectivity index (χ1v) is 6.45. The number of amides is 2. The highest BCUT2D eigenvalue weighted by Crippen LogP contribution is 2.36. The molecule has 1 aromatic carbocycles. The number of carbonyl (C=O) groups excluding carboxylic acids is 2. The molecule has 1 aliphatic heterocycles. The van der Waals surface area contributed by atoms with Crippen molar-refractivity contribution in [2.24, 2.45) is 0 Å². The molecule has 6 nitrogen and oxygen atoms in total. The first-order valence-electron chi connectivity index (χ1n) is 6.45. The van der Waals surface area contributed by atoms with Gasteiger partial charge in [-0.1, -0.05) is 6.07 Å². The molecule has 2 amide bonds. The van der Waals surface area contributed by atoms with Gasteiger partial charge in [-0.3, -0.25) is 19.7 Å². The molecular weight excluding hydrogens is 260 g/mol. The molecule has 0 atom stereocenters. The van der Waals surface area contributed by atoms with Gasteiger partial charge in [0.2, 0.25) is 0 Å². The Morgan fingerprint density at radius 3 is 2.20 bits per heavy atom. The fourth-order valence-electron chi connectivity index (χ4n) is 2.72. The third kappa shape index (κ3) is 1.80. The summed E-state index contributed by atoms with van der Waals surface area (Å²) in [5.41, 5.74) is 1.29. The number of anilines is 1. The summed E-state index contributed by atoms with van der Waals surface area (Å²) in [5, 5.41) is 10.8. The van der Waals surface area contributed by atoms with Crippen molar-refractivity contribution in [3.8, 4) is 0 Å². The Kier molecular flexibility index (Phi) is 2.85. The van der Waals surface area contributed by atoms with E-state index < -0.39 is 4.92 Å². The van der Waals surface area contributed by atoms with Crippen molar-refractivity contribution in [2.75, 3.05) is 4.90 Å². The Morgan fingerprint density at radius 2 is 1.65 bits per heavy atom. The number of hydrogen-bond acceptors (Lipinski definition) is 4. The molecule has 1 aliphatic carbocycles. The summed E-state index contributed by atoms with van der Waals surface area (Å²) in [7, 11) is 0. The van der Waals surface area contributed by atoms with Gasteiger partial charge in [0.25, 0.3) is 17.5 Å². The molecule has 3 rings (SSSR count). The van der Waals surface area contributed by atoms with Gasteiger partial charge in [0.1, 0.15) is 0 Å². The zero-order valence-electron chi connectivity index (χ0n) is 10.7. The molecule has 0 unspecified atom stereocenters. The van der Waals surface area contributed by atoms with E-state index in [0.29, 0.717) is 24.0 Å². The zero-order valence-corrected chi connectivity index (χ0v) is 10.7. The van der Waals surface area contributed by atoms with Crippen molar-refractivity contribution < 1.29 is 14.5 Å². The number of imide groups is 1. The molecule has 0 N–H and O–H groups in total. The highest BCUT2D eigenvalue weighted by Gasteiger charge is 2.39. The first-order chi connectivity index (χ1) is 9.59. The van der Waals surface area contributed by atoms with Crippen LogP contribution >= 0.6 is 0 Å². The summed E-state index contributed by atoms with van der Waals surface area (Å²) in [5.74, 6) is -0.657. The number of nitro benzene ring substituents is 1. The molecule has 20 heavy (non-hydrogen) atoms. The minimum absolute atomic E-state index is 0.132. The lowest BCUT2D eigenvalue weighted by atomic mass is 9.93. The maximum absolute atomic E-state index is 12.3. The van der Waals surface area contributed by atoms with Gasteiger partial charge in [0.15, 0.2) is 0 Å². The van der Waals surface area contributed by atoms with Crippen LogP contribution in [-0.4, -0.2) is 16.7 Å². The van der Waals surface area contributed by atoms with Crippen LogP contribution in [0.1, 0.15) is 25.7 Å². The number of benzene rings is 1. The summed E-state index contributed by atoms with van der Waals surface area (Å²) >= 11 is 0. The Hall–Kier alpha value is -2.50. The lowest BCUT2D eigenvalue weighted by Crippen LogP contribution is -2.31. The van der Waals surface area contributed by atoms with E-state index in [1.165, 1.54) is 18.2 Å². The quantitative estimate of drug-likeness (QED) is 0.470. The Balaban J connectivity index is 2.00. The molecule has 102 valence electrons. The van der Waals surface area contributed by atoms with Gasteiger partial charge in [-0.2, -0.15) is 0 Å². The van der Waals surface area contributed by atoms with E-state index in [-0.39, 0.29) is 23.2 Å². The zero-order chi connectivity index (χ0) is 14.3. The van der Waals surface area contributed by atoms with Gasteiger partial charge < -0.3 is 0 Å². The summed E-state index contributed by atoms with van der Waals surface area (Å²) in [4.78, 5) is 35.9. The maximum Gasteiger partial charge on any atom is 0.271 e. The molecule has 0 fully saturated rings. The van der Waals surface area contributed by atoms with Crippen molar-refractivity contribution in [1.82, 2.24) is 0 Å². The molecule has 0 spiro atoms. The van der Waals surface area contributed by atoms with E-state index in [9.17, 15) is 19.7 Å². The van der Waals surface area contributed by atoms with Crippen LogP contribution in [0.4, 0.5) is 11.4 Å². The lowest BCUT2D eigenvalue weighted by Gasteiger charge is -2.14. The van der Waals surface area contributed by atoms with E-state index in [2.05, 4.69) is 0 Å². The Bertz CT molecular complexity index is 635. The number of non-ortho nitro benzene ring substituents is 1. The van der Waals surface area contributed by atoms with E-state index in [1.54, 1.807) is 6.07 Å². The second kappa shape index (κ2) is 4.56. The van der Waals surface area contributed by atoms with Gasteiger partial charge in [-0.15, -0.1) is 0 Å². The topological polar surface area (TPSA) is 80.5 Å². The van der Waals surface area contributed by atoms with Gasteiger partial charge >= 0.3 is 0 Å². The summed E-state index contributed by atoms with van der Waals surface area (Å²) in [6.07, 6.45) is 3.04. The summed E-state index contributed by atoms with van der Waals surface area (Å²) < 4.78 is 0. The Morgan fingerprint density at radius 1 is 1.05 bits per heavy atom. The van der Waals surface area contributed by atoms with Crippen molar-refractivity contribution in [3.63, 3.8) is 0 Å².